The summed E-state index contributed by atoms with van der Waals surface area (Å²) in [5.41, 5.74) is 6.49. The second-order valence-electron chi connectivity index (χ2n) is 4.34. The van der Waals surface area contributed by atoms with Gasteiger partial charge in [-0.2, -0.15) is 5.10 Å². The molecule has 0 spiro atoms. The van der Waals surface area contributed by atoms with E-state index in [0.717, 1.165) is 17.8 Å². The lowest BCUT2D eigenvalue weighted by atomic mass is 10.2. The molecule has 0 bridgehead atoms. The molecule has 0 aliphatic carbocycles. The quantitative estimate of drug-likeness (QED) is 0.360. The molecular formula is C15H11Cl2F2N3S. The minimum absolute atomic E-state index is 0.109. The van der Waals surface area contributed by atoms with E-state index in [0.29, 0.717) is 5.75 Å². The highest BCUT2D eigenvalue weighted by Gasteiger charge is 2.14. The maximum Gasteiger partial charge on any atom is 0.180 e. The number of benzene rings is 2. The van der Waals surface area contributed by atoms with E-state index < -0.39 is 11.6 Å². The molecule has 0 amide bonds. The summed E-state index contributed by atoms with van der Waals surface area (Å²) < 4.78 is 26.9. The van der Waals surface area contributed by atoms with Gasteiger partial charge in [-0.05, 0) is 11.6 Å². The van der Waals surface area contributed by atoms with E-state index in [9.17, 15) is 8.78 Å². The predicted molar refractivity (Wildman–Crippen MR) is 93.3 cm³/mol. The van der Waals surface area contributed by atoms with E-state index in [4.69, 9.17) is 28.9 Å². The van der Waals surface area contributed by atoms with Gasteiger partial charge in [0.2, 0.25) is 0 Å². The van der Waals surface area contributed by atoms with Crippen LogP contribution in [0.25, 0.3) is 0 Å². The van der Waals surface area contributed by atoms with E-state index in [-0.39, 0.29) is 20.8 Å². The van der Waals surface area contributed by atoms with Gasteiger partial charge >= 0.3 is 0 Å². The maximum absolute atomic E-state index is 13.6. The standard InChI is InChI=1S/C15H11Cl2F2N3S/c16-11-6-12(18)14(19)10(13(11)17)7-21-22-15(20)23-8-9-4-2-1-3-5-9/h1-7H,8H2,(H2,20,22). The Bertz CT molecular complexity index is 726. The molecule has 0 atom stereocenters. The van der Waals surface area contributed by atoms with Gasteiger partial charge in [0.25, 0.3) is 0 Å². The first-order chi connectivity index (χ1) is 11.0. The van der Waals surface area contributed by atoms with Gasteiger partial charge in [0.1, 0.15) is 0 Å². The van der Waals surface area contributed by atoms with Crippen LogP contribution in [0.1, 0.15) is 11.1 Å². The lowest BCUT2D eigenvalue weighted by molar-refractivity contribution is 0.507. The average molecular weight is 374 g/mol. The molecule has 2 aromatic rings. The summed E-state index contributed by atoms with van der Waals surface area (Å²) in [6.07, 6.45) is 0.975. The molecule has 0 unspecified atom stereocenters. The zero-order valence-electron chi connectivity index (χ0n) is 11.6. The summed E-state index contributed by atoms with van der Waals surface area (Å²) in [6, 6.07) is 10.4. The molecule has 0 saturated heterocycles. The Hall–Kier alpha value is -1.63. The fourth-order valence-electron chi connectivity index (χ4n) is 1.61. The number of amidine groups is 1. The van der Waals surface area contributed by atoms with Gasteiger partial charge < -0.3 is 5.73 Å². The number of nitrogens with zero attached hydrogens (tertiary/aromatic N) is 2. The van der Waals surface area contributed by atoms with Crippen molar-refractivity contribution in [2.24, 2.45) is 15.9 Å². The largest absolute Gasteiger partial charge is 0.377 e. The topological polar surface area (TPSA) is 50.7 Å². The molecule has 0 fully saturated rings. The zero-order chi connectivity index (χ0) is 16.8. The maximum atomic E-state index is 13.6. The van der Waals surface area contributed by atoms with Crippen molar-refractivity contribution < 1.29 is 8.78 Å². The molecule has 23 heavy (non-hydrogen) atoms. The van der Waals surface area contributed by atoms with Crippen molar-refractivity contribution in [3.05, 3.63) is 69.2 Å². The van der Waals surface area contributed by atoms with E-state index in [1.807, 2.05) is 30.3 Å². The smallest absolute Gasteiger partial charge is 0.180 e. The van der Waals surface area contributed by atoms with Crippen LogP contribution in [0.3, 0.4) is 0 Å². The molecule has 2 N–H and O–H groups in total. The minimum atomic E-state index is -1.14. The van der Waals surface area contributed by atoms with Crippen LogP contribution < -0.4 is 5.73 Å². The number of hydrogen-bond acceptors (Lipinski definition) is 3. The van der Waals surface area contributed by atoms with Crippen molar-refractivity contribution in [3.8, 4) is 0 Å². The van der Waals surface area contributed by atoms with Gasteiger partial charge in [0, 0.05) is 5.75 Å². The van der Waals surface area contributed by atoms with Crippen LogP contribution in [-0.4, -0.2) is 11.4 Å². The van der Waals surface area contributed by atoms with Gasteiger partial charge in [-0.1, -0.05) is 65.3 Å². The van der Waals surface area contributed by atoms with Gasteiger partial charge in [-0.3, -0.25) is 0 Å². The first-order valence-corrected chi connectivity index (χ1v) is 8.09. The molecule has 8 heteroatoms. The van der Waals surface area contributed by atoms with Crippen LogP contribution in [0.5, 0.6) is 0 Å². The Balaban J connectivity index is 2.06. The lowest BCUT2D eigenvalue weighted by Gasteiger charge is -2.03. The summed E-state index contributed by atoms with van der Waals surface area (Å²) in [4.78, 5) is 0. The number of halogens is 4. The highest BCUT2D eigenvalue weighted by molar-refractivity contribution is 8.13. The Morgan fingerprint density at radius 2 is 1.91 bits per heavy atom. The molecule has 2 aromatic carbocycles. The highest BCUT2D eigenvalue weighted by Crippen LogP contribution is 2.28. The predicted octanol–water partition coefficient (Wildman–Crippen LogP) is 4.85. The van der Waals surface area contributed by atoms with Gasteiger partial charge in [-0.15, -0.1) is 5.10 Å². The van der Waals surface area contributed by atoms with E-state index >= 15 is 0 Å². The first-order valence-electron chi connectivity index (χ1n) is 6.35. The summed E-state index contributed by atoms with van der Waals surface area (Å²) in [6.45, 7) is 0. The number of rotatable bonds is 4. The molecule has 0 aliphatic rings. The first kappa shape index (κ1) is 17.7. The molecule has 2 rings (SSSR count). The fraction of sp³-hybridized carbons (Fsp3) is 0.0667. The van der Waals surface area contributed by atoms with Crippen molar-refractivity contribution in [1.82, 2.24) is 0 Å². The normalized spacial score (nSPS) is 12.1. The third-order valence-corrected chi connectivity index (χ3v) is 4.38. The van der Waals surface area contributed by atoms with E-state index in [2.05, 4.69) is 10.2 Å². The molecule has 0 aromatic heterocycles. The van der Waals surface area contributed by atoms with Gasteiger partial charge in [0.05, 0.1) is 21.8 Å². The van der Waals surface area contributed by atoms with E-state index in [1.165, 1.54) is 11.8 Å². The summed E-state index contributed by atoms with van der Waals surface area (Å²) in [7, 11) is 0. The average Bonchev–Trinajstić information content (AvgIpc) is 2.55. The van der Waals surface area contributed by atoms with Crippen molar-refractivity contribution in [1.29, 1.82) is 0 Å². The minimum Gasteiger partial charge on any atom is -0.377 e. The van der Waals surface area contributed by atoms with E-state index in [1.54, 1.807) is 0 Å². The summed E-state index contributed by atoms with van der Waals surface area (Å²) in [5.74, 6) is -1.64. The van der Waals surface area contributed by atoms with Crippen molar-refractivity contribution in [2.45, 2.75) is 5.75 Å². The molecule has 3 nitrogen and oxygen atoms in total. The second-order valence-corrected chi connectivity index (χ2v) is 6.12. The molecule has 0 radical (unpaired) electrons. The SMILES string of the molecule is NC(=NN=Cc1c(F)c(F)cc(Cl)c1Cl)SCc1ccccc1. The van der Waals surface area contributed by atoms with Crippen molar-refractivity contribution >= 4 is 46.3 Å². The Labute approximate surface area is 146 Å². The Kier molecular flexibility index (Phi) is 6.38. The second kappa shape index (κ2) is 8.29. The Morgan fingerprint density at radius 3 is 2.61 bits per heavy atom. The lowest BCUT2D eigenvalue weighted by Crippen LogP contribution is -2.06. The number of nitrogens with two attached hydrogens (primary N) is 1. The third kappa shape index (κ3) is 4.92. The summed E-state index contributed by atoms with van der Waals surface area (Å²) >= 11 is 12.8. The van der Waals surface area contributed by atoms with Crippen molar-refractivity contribution in [2.75, 3.05) is 0 Å². The van der Waals surface area contributed by atoms with Crippen LogP contribution in [0.15, 0.2) is 46.6 Å². The van der Waals surface area contributed by atoms with Crippen LogP contribution >= 0.6 is 35.0 Å². The van der Waals surface area contributed by atoms with Crippen LogP contribution in [-0.2, 0) is 5.75 Å². The van der Waals surface area contributed by atoms with Crippen LogP contribution in [0.4, 0.5) is 8.78 Å². The fourth-order valence-corrected chi connectivity index (χ4v) is 2.60. The number of thioether (sulfide) groups is 1. The molecular weight excluding hydrogens is 363 g/mol. The number of hydrogen-bond donors (Lipinski definition) is 1. The van der Waals surface area contributed by atoms with Gasteiger partial charge in [-0.25, -0.2) is 8.78 Å². The van der Waals surface area contributed by atoms with Crippen LogP contribution in [0.2, 0.25) is 10.0 Å². The molecule has 120 valence electrons. The monoisotopic (exact) mass is 373 g/mol. The van der Waals surface area contributed by atoms with Gasteiger partial charge in [0.15, 0.2) is 16.8 Å². The third-order valence-electron chi connectivity index (χ3n) is 2.72. The molecule has 0 heterocycles. The summed E-state index contributed by atoms with van der Waals surface area (Å²) in [5, 5.41) is 7.27. The molecule has 0 aliphatic heterocycles. The van der Waals surface area contributed by atoms with Crippen LogP contribution in [0, 0.1) is 11.6 Å². The molecule has 0 saturated carbocycles. The Morgan fingerprint density at radius 1 is 1.22 bits per heavy atom. The highest BCUT2D eigenvalue weighted by atomic mass is 35.5. The zero-order valence-corrected chi connectivity index (χ0v) is 14.0. The van der Waals surface area contributed by atoms with Crippen molar-refractivity contribution in [3.63, 3.8) is 0 Å².